The molecule has 0 fully saturated rings. The molecule has 0 saturated heterocycles. The maximum absolute atomic E-state index is 12.5. The van der Waals surface area contributed by atoms with Crippen LogP contribution < -0.4 is 20.1 Å². The SMILES string of the molecule is C=C(C)COc1cccc(NC(=S)NC(=O)c2cccc(OCCOCC)c2)c1. The largest absolute Gasteiger partial charge is 0.491 e. The summed E-state index contributed by atoms with van der Waals surface area (Å²) in [6.07, 6.45) is 0. The lowest BCUT2D eigenvalue weighted by Gasteiger charge is -2.12. The van der Waals surface area contributed by atoms with E-state index in [1.54, 1.807) is 30.3 Å². The molecule has 0 unspecified atom stereocenters. The van der Waals surface area contributed by atoms with E-state index in [9.17, 15) is 4.79 Å². The van der Waals surface area contributed by atoms with E-state index in [-0.39, 0.29) is 11.0 Å². The van der Waals surface area contributed by atoms with Gasteiger partial charge in [0.1, 0.15) is 24.7 Å². The van der Waals surface area contributed by atoms with E-state index in [2.05, 4.69) is 17.2 Å². The summed E-state index contributed by atoms with van der Waals surface area (Å²) in [6, 6.07) is 14.2. The lowest BCUT2D eigenvalue weighted by Crippen LogP contribution is -2.34. The van der Waals surface area contributed by atoms with Gasteiger partial charge in [-0.25, -0.2) is 0 Å². The third kappa shape index (κ3) is 8.33. The Hall–Kier alpha value is -2.90. The van der Waals surface area contributed by atoms with Gasteiger partial charge in [0.25, 0.3) is 5.91 Å². The number of anilines is 1. The minimum absolute atomic E-state index is 0.190. The fourth-order valence-corrected chi connectivity index (χ4v) is 2.51. The van der Waals surface area contributed by atoms with Gasteiger partial charge in [-0.15, -0.1) is 0 Å². The first-order valence-corrected chi connectivity index (χ1v) is 9.69. The normalized spacial score (nSPS) is 10.1. The van der Waals surface area contributed by atoms with Crippen molar-refractivity contribution in [3.05, 3.63) is 66.2 Å². The number of thiocarbonyl (C=S) groups is 1. The minimum atomic E-state index is -0.326. The van der Waals surface area contributed by atoms with Gasteiger partial charge in [-0.3, -0.25) is 10.1 Å². The second-order valence-corrected chi connectivity index (χ2v) is 6.66. The van der Waals surface area contributed by atoms with Crippen LogP contribution in [0.2, 0.25) is 0 Å². The van der Waals surface area contributed by atoms with E-state index in [0.717, 1.165) is 5.57 Å². The summed E-state index contributed by atoms with van der Waals surface area (Å²) >= 11 is 5.25. The summed E-state index contributed by atoms with van der Waals surface area (Å²) in [7, 11) is 0. The van der Waals surface area contributed by atoms with E-state index in [0.29, 0.717) is 49.2 Å². The number of carbonyl (C=O) groups excluding carboxylic acids is 1. The molecular formula is C22H26N2O4S. The second kappa shape index (κ2) is 11.8. The highest BCUT2D eigenvalue weighted by Crippen LogP contribution is 2.18. The lowest BCUT2D eigenvalue weighted by atomic mass is 10.2. The van der Waals surface area contributed by atoms with Crippen molar-refractivity contribution in [1.29, 1.82) is 0 Å². The molecule has 2 N–H and O–H groups in total. The van der Waals surface area contributed by atoms with Crippen LogP contribution in [-0.4, -0.2) is 37.4 Å². The molecule has 0 heterocycles. The third-order valence-electron chi connectivity index (χ3n) is 3.60. The Labute approximate surface area is 176 Å². The molecule has 154 valence electrons. The van der Waals surface area contributed by atoms with Crippen molar-refractivity contribution in [2.45, 2.75) is 13.8 Å². The van der Waals surface area contributed by atoms with Crippen molar-refractivity contribution in [2.24, 2.45) is 0 Å². The fourth-order valence-electron chi connectivity index (χ4n) is 2.30. The molecule has 7 heteroatoms. The Morgan fingerprint density at radius 3 is 2.52 bits per heavy atom. The van der Waals surface area contributed by atoms with E-state index in [1.807, 2.05) is 32.0 Å². The van der Waals surface area contributed by atoms with Gasteiger partial charge in [-0.1, -0.05) is 18.7 Å². The smallest absolute Gasteiger partial charge is 0.257 e. The van der Waals surface area contributed by atoms with Crippen LogP contribution in [0.5, 0.6) is 11.5 Å². The summed E-state index contributed by atoms with van der Waals surface area (Å²) in [5.41, 5.74) is 2.08. The highest BCUT2D eigenvalue weighted by atomic mass is 32.1. The lowest BCUT2D eigenvalue weighted by molar-refractivity contribution is 0.0976. The molecule has 1 amide bonds. The van der Waals surface area contributed by atoms with Crippen molar-refractivity contribution in [3.63, 3.8) is 0 Å². The summed E-state index contributed by atoms with van der Waals surface area (Å²) in [4.78, 5) is 12.5. The number of benzene rings is 2. The molecule has 0 aromatic heterocycles. The Balaban J connectivity index is 1.89. The van der Waals surface area contributed by atoms with Gasteiger partial charge in [0.05, 0.1) is 6.61 Å². The summed E-state index contributed by atoms with van der Waals surface area (Å²) < 4.78 is 16.4. The number of nitrogens with one attached hydrogen (secondary N) is 2. The zero-order chi connectivity index (χ0) is 21.1. The first kappa shape index (κ1) is 22.4. The molecule has 2 aromatic carbocycles. The average Bonchev–Trinajstić information content (AvgIpc) is 2.70. The van der Waals surface area contributed by atoms with E-state index < -0.39 is 0 Å². The van der Waals surface area contributed by atoms with Gasteiger partial charge >= 0.3 is 0 Å². The van der Waals surface area contributed by atoms with Gasteiger partial charge in [-0.05, 0) is 62.0 Å². The van der Waals surface area contributed by atoms with Gasteiger partial charge in [-0.2, -0.15) is 0 Å². The summed E-state index contributed by atoms with van der Waals surface area (Å²) in [5, 5.41) is 5.84. The quantitative estimate of drug-likeness (QED) is 0.345. The summed E-state index contributed by atoms with van der Waals surface area (Å²) in [5.74, 6) is 0.954. The van der Waals surface area contributed by atoms with E-state index in [4.69, 9.17) is 26.4 Å². The van der Waals surface area contributed by atoms with Crippen LogP contribution in [0.15, 0.2) is 60.7 Å². The van der Waals surface area contributed by atoms with Crippen molar-refractivity contribution in [3.8, 4) is 11.5 Å². The molecule has 0 saturated carbocycles. The summed E-state index contributed by atoms with van der Waals surface area (Å²) in [6.45, 7) is 9.62. The molecule has 0 radical (unpaired) electrons. The number of carbonyl (C=O) groups is 1. The van der Waals surface area contributed by atoms with Crippen molar-refractivity contribution >= 4 is 28.9 Å². The Bertz CT molecular complexity index is 854. The minimum Gasteiger partial charge on any atom is -0.491 e. The van der Waals surface area contributed by atoms with Crippen LogP contribution in [-0.2, 0) is 4.74 Å². The second-order valence-electron chi connectivity index (χ2n) is 6.26. The molecule has 0 aliphatic carbocycles. The Morgan fingerprint density at radius 1 is 1.07 bits per heavy atom. The highest BCUT2D eigenvalue weighted by Gasteiger charge is 2.09. The van der Waals surface area contributed by atoms with Crippen LogP contribution >= 0.6 is 12.2 Å². The number of ether oxygens (including phenoxy) is 3. The highest BCUT2D eigenvalue weighted by molar-refractivity contribution is 7.80. The molecule has 0 spiro atoms. The van der Waals surface area contributed by atoms with Crippen LogP contribution in [0.3, 0.4) is 0 Å². The maximum Gasteiger partial charge on any atom is 0.257 e. The number of rotatable bonds is 10. The molecule has 0 aliphatic rings. The third-order valence-corrected chi connectivity index (χ3v) is 3.81. The molecule has 0 aliphatic heterocycles. The number of hydrogen-bond acceptors (Lipinski definition) is 5. The standard InChI is InChI=1S/C22H26N2O4S/c1-4-26-11-12-27-19-9-5-7-17(13-19)21(25)24-22(29)23-18-8-6-10-20(14-18)28-15-16(2)3/h5-10,13-14H,2,4,11-12,15H2,1,3H3,(H2,23,24,25,29). The van der Waals surface area contributed by atoms with Gasteiger partial charge in [0, 0.05) is 23.9 Å². The molecule has 0 atom stereocenters. The molecule has 2 rings (SSSR count). The molecule has 2 aromatic rings. The topological polar surface area (TPSA) is 68.8 Å². The van der Waals surface area contributed by atoms with Gasteiger partial charge in [0.15, 0.2) is 5.11 Å². The van der Waals surface area contributed by atoms with Crippen LogP contribution in [0.25, 0.3) is 0 Å². The van der Waals surface area contributed by atoms with Crippen LogP contribution in [0, 0.1) is 0 Å². The molecule has 6 nitrogen and oxygen atoms in total. The predicted molar refractivity (Wildman–Crippen MR) is 119 cm³/mol. The molecule has 0 bridgehead atoms. The first-order chi connectivity index (χ1) is 14.0. The Morgan fingerprint density at radius 2 is 1.79 bits per heavy atom. The Kier molecular flexibility index (Phi) is 9.14. The average molecular weight is 415 g/mol. The van der Waals surface area contributed by atoms with Gasteiger partial charge < -0.3 is 19.5 Å². The van der Waals surface area contributed by atoms with Crippen molar-refractivity contribution in [1.82, 2.24) is 5.32 Å². The van der Waals surface area contributed by atoms with Crippen molar-refractivity contribution < 1.29 is 19.0 Å². The maximum atomic E-state index is 12.5. The number of amides is 1. The fraction of sp³-hybridized carbons (Fsp3) is 0.273. The molecule has 29 heavy (non-hydrogen) atoms. The first-order valence-electron chi connectivity index (χ1n) is 9.28. The van der Waals surface area contributed by atoms with Gasteiger partial charge in [0.2, 0.25) is 0 Å². The predicted octanol–water partition coefficient (Wildman–Crippen LogP) is 4.18. The zero-order valence-electron chi connectivity index (χ0n) is 16.7. The van der Waals surface area contributed by atoms with E-state index in [1.165, 1.54) is 0 Å². The van der Waals surface area contributed by atoms with Crippen LogP contribution in [0.1, 0.15) is 24.2 Å². The van der Waals surface area contributed by atoms with Crippen molar-refractivity contribution in [2.75, 3.05) is 31.7 Å². The molecular weight excluding hydrogens is 388 g/mol. The number of hydrogen-bond donors (Lipinski definition) is 2. The van der Waals surface area contributed by atoms with E-state index >= 15 is 0 Å². The monoisotopic (exact) mass is 414 g/mol. The zero-order valence-corrected chi connectivity index (χ0v) is 17.5. The van der Waals surface area contributed by atoms with Crippen LogP contribution in [0.4, 0.5) is 5.69 Å².